The Bertz CT molecular complexity index is 61.1. The first-order valence-corrected chi connectivity index (χ1v) is 2.25. The average molecular weight is 334 g/mol. The van der Waals surface area contributed by atoms with E-state index in [0.29, 0.717) is 0 Å². The molecule has 0 aliphatic carbocycles. The van der Waals surface area contributed by atoms with Crippen molar-refractivity contribution in [2.24, 2.45) is 0 Å². The third kappa shape index (κ3) is 50.2. The Labute approximate surface area is 110 Å². The minimum atomic E-state index is -5.14. The van der Waals surface area contributed by atoms with Crippen molar-refractivity contribution in [3.05, 3.63) is 0 Å². The first-order valence-electron chi connectivity index (χ1n) is 0.752. The summed E-state index contributed by atoms with van der Waals surface area (Å²) in [6.45, 7) is 0. The molecule has 0 aromatic rings. The molecule has 0 radical (unpaired) electrons. The molecule has 40 valence electrons. The van der Waals surface area contributed by atoms with Crippen LogP contribution in [0.4, 0.5) is 4.20 Å². The van der Waals surface area contributed by atoms with Crippen LogP contribution >= 0.6 is 7.91 Å². The van der Waals surface area contributed by atoms with Gasteiger partial charge in [-0.15, -0.1) is 4.20 Å². The van der Waals surface area contributed by atoms with Crippen LogP contribution in [0.3, 0.4) is 0 Å². The fraction of sp³-hybridized carbons (Fsp3) is 0. The van der Waals surface area contributed by atoms with Crippen LogP contribution in [-0.4, -0.2) is 55.3 Å². The van der Waals surface area contributed by atoms with Crippen molar-refractivity contribution < 1.29 is 59.4 Å². The van der Waals surface area contributed by atoms with E-state index in [9.17, 15) is 4.20 Å². The van der Waals surface area contributed by atoms with Gasteiger partial charge in [-0.3, -0.25) is 9.79 Å². The van der Waals surface area contributed by atoms with Gasteiger partial charge in [0, 0.05) is 40.8 Å². The molecule has 0 heterocycles. The summed E-state index contributed by atoms with van der Waals surface area (Å²) >= 11 is 0. The molecule has 7 heteroatoms. The van der Waals surface area contributed by atoms with E-state index >= 15 is 0 Å². The molecule has 2 N–H and O–H groups in total. The third-order valence-corrected chi connectivity index (χ3v) is 0. The first kappa shape index (κ1) is 16.5. The molecule has 0 atom stereocenters. The number of hydrogen-bond acceptors (Lipinski definition) is 1. The zero-order chi connectivity index (χ0) is 4.50. The van der Waals surface area contributed by atoms with Gasteiger partial charge in [-0.25, -0.2) is 4.57 Å². The van der Waals surface area contributed by atoms with Gasteiger partial charge in [0.2, 0.25) is 0 Å². The number of halogens is 1. The van der Waals surface area contributed by atoms with Gasteiger partial charge in [0.05, 0.1) is 0 Å². The van der Waals surface area contributed by atoms with Crippen molar-refractivity contribution >= 4 is 53.4 Å². The van der Waals surface area contributed by atoms with Crippen LogP contribution in [-0.2, 0) is 4.57 Å². The first-order chi connectivity index (χ1) is 2.00. The summed E-state index contributed by atoms with van der Waals surface area (Å²) in [4.78, 5) is 13.9. The zero-order valence-electron chi connectivity index (χ0n) is 2.63. The molecule has 7 heavy (non-hydrogen) atoms. The standard InChI is InChI=1S/FH2O3P.Nd.Sr.2H/c1-5(2,3)4;;;;/h(H2,2,3,4);;;;. The Balaban J connectivity index is -0.0000000800. The summed E-state index contributed by atoms with van der Waals surface area (Å²) in [6.07, 6.45) is 0. The Hall–Kier alpha value is 2.91. The van der Waals surface area contributed by atoms with Crippen molar-refractivity contribution in [3.63, 3.8) is 0 Å². The SMILES string of the molecule is O=P(O)(O)F.[Nd].[SrH2]. The molecule has 0 fully saturated rings. The van der Waals surface area contributed by atoms with Crippen molar-refractivity contribution in [1.29, 1.82) is 0 Å². The molecule has 0 aliphatic rings. The molecule has 0 rings (SSSR count). The van der Waals surface area contributed by atoms with Gasteiger partial charge in [0.15, 0.2) is 0 Å². The molecule has 0 saturated heterocycles. The Morgan fingerprint density at radius 1 is 1.43 bits per heavy atom. The summed E-state index contributed by atoms with van der Waals surface area (Å²) in [6, 6.07) is 0. The molecule has 0 aliphatic heterocycles. The number of rotatable bonds is 0. The topological polar surface area (TPSA) is 57.5 Å². The Morgan fingerprint density at radius 3 is 1.43 bits per heavy atom. The monoisotopic (exact) mass is 332 g/mol. The van der Waals surface area contributed by atoms with E-state index in [4.69, 9.17) is 14.4 Å². The number of hydrogen-bond donors (Lipinski definition) is 2. The molecule has 3 nitrogen and oxygen atoms in total. The molecule has 0 saturated carbocycles. The molecular weight excluding hydrogens is 330 g/mol. The second-order valence-corrected chi connectivity index (χ2v) is 1.42. The summed E-state index contributed by atoms with van der Waals surface area (Å²) < 4.78 is 19.0. The van der Waals surface area contributed by atoms with E-state index in [1.165, 1.54) is 0 Å². The quantitative estimate of drug-likeness (QED) is 0.448. The second kappa shape index (κ2) is 7.02. The van der Waals surface area contributed by atoms with E-state index in [0.717, 1.165) is 0 Å². The fourth-order valence-electron chi connectivity index (χ4n) is 0. The van der Waals surface area contributed by atoms with Gasteiger partial charge < -0.3 is 0 Å². The van der Waals surface area contributed by atoms with E-state index in [1.807, 2.05) is 0 Å². The average Bonchev–Trinajstić information content (AvgIpc) is 0.722. The second-order valence-electron chi connectivity index (χ2n) is 0.473. The van der Waals surface area contributed by atoms with Crippen molar-refractivity contribution in [3.8, 4) is 0 Å². The van der Waals surface area contributed by atoms with E-state index in [1.54, 1.807) is 0 Å². The summed E-state index contributed by atoms with van der Waals surface area (Å²) in [5, 5.41) is 0. The molecule has 0 spiro atoms. The summed E-state index contributed by atoms with van der Waals surface area (Å²) in [7, 11) is -5.14. The molecule has 0 bridgehead atoms. The van der Waals surface area contributed by atoms with Gasteiger partial charge in [-0.2, -0.15) is 0 Å². The van der Waals surface area contributed by atoms with Crippen LogP contribution < -0.4 is 0 Å². The van der Waals surface area contributed by atoms with Crippen molar-refractivity contribution in [2.45, 2.75) is 0 Å². The van der Waals surface area contributed by atoms with Crippen LogP contribution in [0.2, 0.25) is 0 Å². The molecule has 0 aromatic carbocycles. The van der Waals surface area contributed by atoms with Crippen molar-refractivity contribution in [1.82, 2.24) is 0 Å². The van der Waals surface area contributed by atoms with Gasteiger partial charge in [-0.1, -0.05) is 0 Å². The predicted molar refractivity (Wildman–Crippen MR) is 21.7 cm³/mol. The van der Waals surface area contributed by atoms with Gasteiger partial charge in [0.1, 0.15) is 0 Å². The molecule has 0 amide bonds. The van der Waals surface area contributed by atoms with E-state index in [-0.39, 0.29) is 86.3 Å². The minimum absolute atomic E-state index is 0. The Kier molecular flexibility index (Phi) is 16.5. The molecular formula is H4FNdO3PSr. The maximum atomic E-state index is 10.4. The Morgan fingerprint density at radius 2 is 1.43 bits per heavy atom. The van der Waals surface area contributed by atoms with Gasteiger partial charge in [-0.05, 0) is 0 Å². The summed E-state index contributed by atoms with van der Waals surface area (Å²) in [5.74, 6) is 0. The van der Waals surface area contributed by atoms with Gasteiger partial charge >= 0.3 is 53.4 Å². The predicted octanol–water partition coefficient (Wildman–Crippen LogP) is -0.868. The summed E-state index contributed by atoms with van der Waals surface area (Å²) in [5.41, 5.74) is 0. The van der Waals surface area contributed by atoms with Crippen LogP contribution in [0, 0.1) is 40.8 Å². The molecule has 0 unspecified atom stereocenters. The zero-order valence-corrected chi connectivity index (χ0v) is 6.73. The maximum absolute atomic E-state index is 10.4. The third-order valence-electron chi connectivity index (χ3n) is 0. The van der Waals surface area contributed by atoms with Crippen LogP contribution in [0.25, 0.3) is 0 Å². The van der Waals surface area contributed by atoms with E-state index in [2.05, 4.69) is 0 Å². The van der Waals surface area contributed by atoms with Crippen LogP contribution in [0.5, 0.6) is 0 Å². The van der Waals surface area contributed by atoms with Crippen molar-refractivity contribution in [2.75, 3.05) is 0 Å². The molecule has 0 aromatic heterocycles. The van der Waals surface area contributed by atoms with E-state index < -0.39 is 7.91 Å². The van der Waals surface area contributed by atoms with Gasteiger partial charge in [0.25, 0.3) is 0 Å². The van der Waals surface area contributed by atoms with Crippen LogP contribution in [0.1, 0.15) is 0 Å². The van der Waals surface area contributed by atoms with Crippen LogP contribution in [0.15, 0.2) is 0 Å². The fourth-order valence-corrected chi connectivity index (χ4v) is 0. The normalized spacial score (nSPS) is 8.43.